The van der Waals surface area contributed by atoms with Crippen LogP contribution in [0.4, 0.5) is 0 Å². The lowest BCUT2D eigenvalue weighted by atomic mass is 10.0. The van der Waals surface area contributed by atoms with Crippen molar-refractivity contribution < 1.29 is 4.74 Å². The molecule has 2 fully saturated rings. The third-order valence-electron chi connectivity index (χ3n) is 3.00. The van der Waals surface area contributed by atoms with Gasteiger partial charge in [-0.2, -0.15) is 0 Å². The minimum Gasteiger partial charge on any atom is -0.384 e. The molecular weight excluding hydrogens is 253 g/mol. The van der Waals surface area contributed by atoms with Crippen LogP contribution in [0.2, 0.25) is 0 Å². The molecule has 1 saturated heterocycles. The third kappa shape index (κ3) is 1.12. The number of ether oxygens (including phenoxy) is 1. The first-order valence-corrected chi connectivity index (χ1v) is 5.09. The molecule has 11 heavy (non-hydrogen) atoms. The van der Waals surface area contributed by atoms with Gasteiger partial charge in [0.05, 0.1) is 6.61 Å². The van der Waals surface area contributed by atoms with Crippen molar-refractivity contribution in [1.82, 2.24) is 3.11 Å². The van der Waals surface area contributed by atoms with Crippen LogP contribution in [0.1, 0.15) is 19.8 Å². The van der Waals surface area contributed by atoms with Crippen LogP contribution < -0.4 is 0 Å². The molecule has 1 aliphatic carbocycles. The first-order valence-electron chi connectivity index (χ1n) is 4.13. The summed E-state index contributed by atoms with van der Waals surface area (Å²) < 4.78 is 7.71. The van der Waals surface area contributed by atoms with Crippen LogP contribution in [0.15, 0.2) is 0 Å². The summed E-state index contributed by atoms with van der Waals surface area (Å²) in [5.74, 6) is 0. The number of halogens is 1. The van der Waals surface area contributed by atoms with Gasteiger partial charge in [0, 0.05) is 47.5 Å². The van der Waals surface area contributed by atoms with Crippen molar-refractivity contribution in [3.05, 3.63) is 0 Å². The smallest absolute Gasteiger partial charge is 0.0535 e. The van der Waals surface area contributed by atoms with E-state index < -0.39 is 0 Å². The maximum absolute atomic E-state index is 5.24. The molecular formula is C8H14INO. The summed E-state index contributed by atoms with van der Waals surface area (Å²) in [6.07, 6.45) is 2.68. The summed E-state index contributed by atoms with van der Waals surface area (Å²) in [5.41, 5.74) is 0.551. The Morgan fingerprint density at radius 1 is 1.64 bits per heavy atom. The van der Waals surface area contributed by atoms with Crippen molar-refractivity contribution in [2.45, 2.75) is 31.8 Å². The summed E-state index contributed by atoms with van der Waals surface area (Å²) in [7, 11) is 1.81. The highest BCUT2D eigenvalue weighted by Crippen LogP contribution is 2.60. The van der Waals surface area contributed by atoms with Gasteiger partial charge in [-0.15, -0.1) is 0 Å². The standard InChI is InChI=1S/C8H14INO/c1-6-3-8(5-11-2)4-7(8)10(6)9/h6-7H,3-5H2,1-2H3/t6-,7?,8?/m1/s1. The third-order valence-corrected chi connectivity index (χ3v) is 4.62. The average Bonchev–Trinajstić information content (AvgIpc) is 2.57. The number of hydrogen-bond donors (Lipinski definition) is 0. The lowest BCUT2D eigenvalue weighted by Gasteiger charge is -2.15. The van der Waals surface area contributed by atoms with Crippen LogP contribution in [-0.4, -0.2) is 28.9 Å². The summed E-state index contributed by atoms with van der Waals surface area (Å²) in [5, 5.41) is 0. The highest BCUT2D eigenvalue weighted by atomic mass is 127. The number of piperidine rings is 1. The molecule has 0 N–H and O–H groups in total. The zero-order valence-electron chi connectivity index (χ0n) is 7.01. The highest BCUT2D eigenvalue weighted by molar-refractivity contribution is 14.1. The number of hydrogen-bond acceptors (Lipinski definition) is 2. The van der Waals surface area contributed by atoms with Gasteiger partial charge < -0.3 is 4.74 Å². The molecule has 1 saturated carbocycles. The SMILES string of the molecule is COCC12CC1N(I)[C@H](C)C2. The van der Waals surface area contributed by atoms with Crippen LogP contribution >= 0.6 is 22.9 Å². The van der Waals surface area contributed by atoms with Gasteiger partial charge in [-0.3, -0.25) is 0 Å². The van der Waals surface area contributed by atoms with Crippen molar-refractivity contribution in [2.24, 2.45) is 5.41 Å². The highest BCUT2D eigenvalue weighted by Gasteiger charge is 2.62. The van der Waals surface area contributed by atoms with E-state index in [2.05, 4.69) is 32.9 Å². The van der Waals surface area contributed by atoms with Gasteiger partial charge in [0.15, 0.2) is 0 Å². The van der Waals surface area contributed by atoms with Gasteiger partial charge >= 0.3 is 0 Å². The Kier molecular flexibility index (Phi) is 1.93. The van der Waals surface area contributed by atoms with Crippen molar-refractivity contribution in [3.8, 4) is 0 Å². The molecule has 64 valence electrons. The molecule has 2 aliphatic rings. The Morgan fingerprint density at radius 3 is 2.82 bits per heavy atom. The second-order valence-corrected chi connectivity index (χ2v) is 5.03. The molecule has 0 spiro atoms. The molecule has 0 aromatic carbocycles. The Balaban J connectivity index is 2.02. The van der Waals surface area contributed by atoms with Crippen LogP contribution in [0.25, 0.3) is 0 Å². The second-order valence-electron chi connectivity index (χ2n) is 3.91. The fourth-order valence-corrected chi connectivity index (χ4v) is 3.36. The van der Waals surface area contributed by atoms with Gasteiger partial charge in [0.1, 0.15) is 0 Å². The molecule has 2 nitrogen and oxygen atoms in total. The quantitative estimate of drug-likeness (QED) is 0.559. The fourth-order valence-electron chi connectivity index (χ4n) is 2.38. The second kappa shape index (κ2) is 2.57. The zero-order chi connectivity index (χ0) is 8.06. The molecule has 0 radical (unpaired) electrons. The van der Waals surface area contributed by atoms with Crippen LogP contribution in [0.5, 0.6) is 0 Å². The number of methoxy groups -OCH3 is 1. The monoisotopic (exact) mass is 267 g/mol. The molecule has 2 unspecified atom stereocenters. The first kappa shape index (κ1) is 8.26. The number of fused-ring (bicyclic) bond motifs is 1. The van der Waals surface area contributed by atoms with Crippen molar-refractivity contribution in [2.75, 3.05) is 13.7 Å². The molecule has 0 aromatic heterocycles. The van der Waals surface area contributed by atoms with E-state index in [-0.39, 0.29) is 0 Å². The van der Waals surface area contributed by atoms with E-state index in [1.165, 1.54) is 12.8 Å². The van der Waals surface area contributed by atoms with E-state index in [1.807, 2.05) is 7.11 Å². The lowest BCUT2D eigenvalue weighted by Crippen LogP contribution is -2.18. The maximum Gasteiger partial charge on any atom is 0.0535 e. The topological polar surface area (TPSA) is 12.5 Å². The van der Waals surface area contributed by atoms with Gasteiger partial charge in [0.2, 0.25) is 0 Å². The molecule has 1 heterocycles. The van der Waals surface area contributed by atoms with E-state index >= 15 is 0 Å². The largest absolute Gasteiger partial charge is 0.384 e. The molecule has 2 rings (SSSR count). The molecule has 1 aliphatic heterocycles. The van der Waals surface area contributed by atoms with Gasteiger partial charge in [-0.05, 0) is 19.8 Å². The van der Waals surface area contributed by atoms with E-state index in [4.69, 9.17) is 4.74 Å². The van der Waals surface area contributed by atoms with E-state index in [9.17, 15) is 0 Å². The van der Waals surface area contributed by atoms with Crippen LogP contribution in [-0.2, 0) is 4.74 Å². The lowest BCUT2D eigenvalue weighted by molar-refractivity contribution is 0.140. The van der Waals surface area contributed by atoms with Gasteiger partial charge in [-0.1, -0.05) is 0 Å². The predicted octanol–water partition coefficient (Wildman–Crippen LogP) is 1.84. The van der Waals surface area contributed by atoms with Gasteiger partial charge in [-0.25, -0.2) is 3.11 Å². The van der Waals surface area contributed by atoms with E-state index in [0.29, 0.717) is 5.41 Å². The van der Waals surface area contributed by atoms with Crippen LogP contribution in [0.3, 0.4) is 0 Å². The molecule has 3 atom stereocenters. The summed E-state index contributed by atoms with van der Waals surface area (Å²) >= 11 is 2.45. The molecule has 0 aromatic rings. The van der Waals surface area contributed by atoms with Crippen LogP contribution in [0, 0.1) is 5.41 Å². The Labute approximate surface area is 81.8 Å². The normalized spacial score (nSPS) is 49.4. The Bertz CT molecular complexity index is 175. The van der Waals surface area contributed by atoms with E-state index in [0.717, 1.165) is 18.7 Å². The molecule has 0 amide bonds. The van der Waals surface area contributed by atoms with Gasteiger partial charge in [0.25, 0.3) is 0 Å². The number of nitrogens with zero attached hydrogens (tertiary/aromatic N) is 1. The zero-order valence-corrected chi connectivity index (χ0v) is 9.17. The minimum atomic E-state index is 0.551. The van der Waals surface area contributed by atoms with E-state index in [1.54, 1.807) is 0 Å². The predicted molar refractivity (Wildman–Crippen MR) is 52.7 cm³/mol. The summed E-state index contributed by atoms with van der Waals surface area (Å²) in [4.78, 5) is 0. The fraction of sp³-hybridized carbons (Fsp3) is 1.00. The Morgan fingerprint density at radius 2 is 2.36 bits per heavy atom. The Hall–Kier alpha value is 0.650. The maximum atomic E-state index is 5.24. The average molecular weight is 267 g/mol. The van der Waals surface area contributed by atoms with Crippen molar-refractivity contribution in [1.29, 1.82) is 0 Å². The molecule has 3 heteroatoms. The summed E-state index contributed by atoms with van der Waals surface area (Å²) in [6.45, 7) is 3.26. The van der Waals surface area contributed by atoms with Crippen molar-refractivity contribution in [3.63, 3.8) is 0 Å². The van der Waals surface area contributed by atoms with Crippen molar-refractivity contribution >= 4 is 22.9 Å². The number of rotatable bonds is 2. The minimum absolute atomic E-state index is 0.551. The molecule has 0 bridgehead atoms. The summed E-state index contributed by atoms with van der Waals surface area (Å²) in [6, 6.07) is 1.57. The first-order chi connectivity index (χ1) is 5.19.